The number of anilines is 1. The van der Waals surface area contributed by atoms with E-state index >= 15 is 0 Å². The Balaban J connectivity index is 2.68. The van der Waals surface area contributed by atoms with Gasteiger partial charge in [-0.25, -0.2) is 4.98 Å². The molecule has 1 aromatic rings. The lowest BCUT2D eigenvalue weighted by molar-refractivity contribution is 0.199. The summed E-state index contributed by atoms with van der Waals surface area (Å²) in [5.74, 6) is 0. The molecular weight excluding hydrogens is 258 g/mol. The van der Waals surface area contributed by atoms with Crippen LogP contribution in [0.5, 0.6) is 0 Å². The molecule has 0 bridgehead atoms. The van der Waals surface area contributed by atoms with Crippen LogP contribution in [0.2, 0.25) is 0 Å². The van der Waals surface area contributed by atoms with E-state index in [2.05, 4.69) is 45.0 Å². The van der Waals surface area contributed by atoms with Gasteiger partial charge in [0, 0.05) is 37.7 Å². The van der Waals surface area contributed by atoms with Crippen molar-refractivity contribution in [2.45, 2.75) is 46.2 Å². The van der Waals surface area contributed by atoms with Crippen LogP contribution in [-0.2, 0) is 11.3 Å². The van der Waals surface area contributed by atoms with Crippen molar-refractivity contribution < 1.29 is 4.74 Å². The van der Waals surface area contributed by atoms with Gasteiger partial charge in [0.2, 0.25) is 0 Å². The van der Waals surface area contributed by atoms with E-state index in [4.69, 9.17) is 9.72 Å². The summed E-state index contributed by atoms with van der Waals surface area (Å²) in [4.78, 5) is 8.29. The van der Waals surface area contributed by atoms with Crippen LogP contribution in [0, 0.1) is 6.92 Å². The highest BCUT2D eigenvalue weighted by molar-refractivity contribution is 7.15. The second-order valence-corrected chi connectivity index (χ2v) is 6.46. The molecule has 0 spiro atoms. The molecule has 1 rings (SSSR count). The normalized spacial score (nSPS) is 11.9. The Morgan fingerprint density at radius 1 is 1.42 bits per heavy atom. The van der Waals surface area contributed by atoms with Crippen LogP contribution in [0.25, 0.3) is 0 Å². The van der Waals surface area contributed by atoms with E-state index in [9.17, 15) is 0 Å². The standard InChI is InChI=1S/C14H27N3OS/c1-7-14(3,4)17(5)13-16-11(2)12(19-13)10-15-8-9-18-6/h15H,7-10H2,1-6H3. The van der Waals surface area contributed by atoms with E-state index in [-0.39, 0.29) is 5.54 Å². The summed E-state index contributed by atoms with van der Waals surface area (Å²) in [5.41, 5.74) is 1.27. The van der Waals surface area contributed by atoms with E-state index in [1.54, 1.807) is 18.4 Å². The second-order valence-electron chi connectivity index (χ2n) is 5.40. The third-order valence-electron chi connectivity index (χ3n) is 3.71. The Morgan fingerprint density at radius 3 is 2.68 bits per heavy atom. The number of aryl methyl sites for hydroxylation is 1. The topological polar surface area (TPSA) is 37.4 Å². The highest BCUT2D eigenvalue weighted by Gasteiger charge is 2.24. The molecule has 0 radical (unpaired) electrons. The quantitative estimate of drug-likeness (QED) is 0.745. The molecule has 0 atom stereocenters. The zero-order chi connectivity index (χ0) is 14.5. The average Bonchev–Trinajstić information content (AvgIpc) is 2.75. The third kappa shape index (κ3) is 4.44. The van der Waals surface area contributed by atoms with Gasteiger partial charge in [-0.3, -0.25) is 0 Å². The second kappa shape index (κ2) is 7.22. The minimum absolute atomic E-state index is 0.144. The lowest BCUT2D eigenvalue weighted by Gasteiger charge is -2.34. The van der Waals surface area contributed by atoms with Gasteiger partial charge >= 0.3 is 0 Å². The van der Waals surface area contributed by atoms with Crippen LogP contribution in [0.15, 0.2) is 0 Å². The Labute approximate surface area is 121 Å². The zero-order valence-electron chi connectivity index (χ0n) is 13.0. The van der Waals surface area contributed by atoms with E-state index in [1.165, 1.54) is 4.88 Å². The molecule has 0 amide bonds. The fourth-order valence-electron chi connectivity index (χ4n) is 1.59. The number of rotatable bonds is 8. The molecule has 4 nitrogen and oxygen atoms in total. The molecule has 19 heavy (non-hydrogen) atoms. The van der Waals surface area contributed by atoms with Gasteiger partial charge < -0.3 is 15.0 Å². The number of hydrogen-bond donors (Lipinski definition) is 1. The molecule has 0 aliphatic rings. The van der Waals surface area contributed by atoms with Crippen molar-refractivity contribution in [3.05, 3.63) is 10.6 Å². The number of hydrogen-bond acceptors (Lipinski definition) is 5. The highest BCUT2D eigenvalue weighted by Crippen LogP contribution is 2.30. The van der Waals surface area contributed by atoms with Crippen molar-refractivity contribution in [3.63, 3.8) is 0 Å². The van der Waals surface area contributed by atoms with Crippen molar-refractivity contribution in [1.29, 1.82) is 0 Å². The number of thiazole rings is 1. The summed E-state index contributed by atoms with van der Waals surface area (Å²) in [7, 11) is 3.85. The summed E-state index contributed by atoms with van der Waals surface area (Å²) >= 11 is 1.78. The minimum atomic E-state index is 0.144. The molecule has 0 fully saturated rings. The van der Waals surface area contributed by atoms with Gasteiger partial charge in [-0.15, -0.1) is 11.3 Å². The van der Waals surface area contributed by atoms with Crippen molar-refractivity contribution in [2.24, 2.45) is 0 Å². The number of ether oxygens (including phenoxy) is 1. The van der Waals surface area contributed by atoms with Crippen molar-refractivity contribution in [2.75, 3.05) is 32.2 Å². The Kier molecular flexibility index (Phi) is 6.23. The highest BCUT2D eigenvalue weighted by atomic mass is 32.1. The fraction of sp³-hybridized carbons (Fsp3) is 0.786. The summed E-state index contributed by atoms with van der Waals surface area (Å²) < 4.78 is 5.03. The van der Waals surface area contributed by atoms with Crippen molar-refractivity contribution in [1.82, 2.24) is 10.3 Å². The van der Waals surface area contributed by atoms with E-state index < -0.39 is 0 Å². The van der Waals surface area contributed by atoms with Gasteiger partial charge in [0.1, 0.15) is 0 Å². The minimum Gasteiger partial charge on any atom is -0.383 e. The van der Waals surface area contributed by atoms with Crippen LogP contribution in [-0.4, -0.2) is 37.8 Å². The van der Waals surface area contributed by atoms with E-state index in [0.29, 0.717) is 0 Å². The predicted octanol–water partition coefficient (Wildman–Crippen LogP) is 2.81. The van der Waals surface area contributed by atoms with Gasteiger partial charge in [-0.05, 0) is 27.2 Å². The molecule has 0 unspecified atom stereocenters. The molecule has 0 aromatic carbocycles. The number of nitrogens with zero attached hydrogens (tertiary/aromatic N) is 2. The predicted molar refractivity (Wildman–Crippen MR) is 83.2 cm³/mol. The number of methoxy groups -OCH3 is 1. The fourth-order valence-corrected chi connectivity index (χ4v) is 2.75. The summed E-state index contributed by atoms with van der Waals surface area (Å²) in [6, 6.07) is 0. The van der Waals surface area contributed by atoms with Crippen LogP contribution in [0.1, 0.15) is 37.8 Å². The SMILES string of the molecule is CCC(C)(C)N(C)c1nc(C)c(CNCCOC)s1. The van der Waals surface area contributed by atoms with Gasteiger partial charge in [-0.2, -0.15) is 0 Å². The first-order valence-corrected chi connectivity index (χ1v) is 7.63. The monoisotopic (exact) mass is 285 g/mol. The molecule has 0 saturated heterocycles. The third-order valence-corrected chi connectivity index (χ3v) is 4.94. The lowest BCUT2D eigenvalue weighted by atomic mass is 10.0. The van der Waals surface area contributed by atoms with E-state index in [0.717, 1.165) is 36.9 Å². The Hall–Kier alpha value is -0.650. The Morgan fingerprint density at radius 2 is 2.11 bits per heavy atom. The van der Waals surface area contributed by atoms with Crippen LogP contribution < -0.4 is 10.2 Å². The molecule has 0 saturated carbocycles. The first-order valence-electron chi connectivity index (χ1n) is 6.82. The molecule has 0 aliphatic heterocycles. The molecular formula is C14H27N3OS. The van der Waals surface area contributed by atoms with Gasteiger partial charge in [0.05, 0.1) is 12.3 Å². The van der Waals surface area contributed by atoms with Crippen LogP contribution in [0.4, 0.5) is 5.13 Å². The maximum Gasteiger partial charge on any atom is 0.185 e. The van der Waals surface area contributed by atoms with E-state index in [1.807, 2.05) is 0 Å². The maximum atomic E-state index is 5.03. The Bertz CT molecular complexity index is 390. The van der Waals surface area contributed by atoms with Gasteiger partial charge in [0.25, 0.3) is 0 Å². The molecule has 0 aliphatic carbocycles. The molecule has 1 aromatic heterocycles. The van der Waals surface area contributed by atoms with Crippen molar-refractivity contribution in [3.8, 4) is 0 Å². The molecule has 110 valence electrons. The lowest BCUT2D eigenvalue weighted by Crippen LogP contribution is -2.40. The summed E-state index contributed by atoms with van der Waals surface area (Å²) in [5, 5.41) is 4.48. The average molecular weight is 285 g/mol. The summed E-state index contributed by atoms with van der Waals surface area (Å²) in [6.45, 7) is 11.3. The molecule has 1 heterocycles. The van der Waals surface area contributed by atoms with Gasteiger partial charge in [0.15, 0.2) is 5.13 Å². The number of aromatic nitrogens is 1. The first kappa shape index (κ1) is 16.4. The summed E-state index contributed by atoms with van der Waals surface area (Å²) in [6.07, 6.45) is 1.10. The number of nitrogens with one attached hydrogen (secondary N) is 1. The largest absolute Gasteiger partial charge is 0.383 e. The first-order chi connectivity index (χ1) is 8.92. The van der Waals surface area contributed by atoms with Gasteiger partial charge in [-0.1, -0.05) is 6.92 Å². The smallest absolute Gasteiger partial charge is 0.185 e. The van der Waals surface area contributed by atoms with Crippen LogP contribution >= 0.6 is 11.3 Å². The maximum absolute atomic E-state index is 5.03. The molecule has 1 N–H and O–H groups in total. The zero-order valence-corrected chi connectivity index (χ0v) is 13.9. The van der Waals surface area contributed by atoms with Crippen LogP contribution in [0.3, 0.4) is 0 Å². The molecule has 5 heteroatoms. The van der Waals surface area contributed by atoms with Crippen molar-refractivity contribution >= 4 is 16.5 Å².